The Balaban J connectivity index is -0.00000000755. The molecule has 0 atom stereocenters. The molecule has 9 N–H and O–H groups in total. The fourth-order valence-electron chi connectivity index (χ4n) is 0.150. The molecular formula is C14H43O9Ti3-2. The van der Waals surface area contributed by atoms with Gasteiger partial charge in [0.05, 0.1) is 19.8 Å². The van der Waals surface area contributed by atoms with E-state index in [-0.39, 0.29) is 107 Å². The molecule has 0 rings (SSSR count). The summed E-state index contributed by atoms with van der Waals surface area (Å²) in [5.41, 5.74) is -0.708. The van der Waals surface area contributed by atoms with Crippen molar-refractivity contribution in [3.63, 3.8) is 0 Å². The van der Waals surface area contributed by atoms with Crippen LogP contribution in [0, 0.1) is 41.9 Å². The molecule has 12 heteroatoms. The van der Waals surface area contributed by atoms with Crippen LogP contribution in [-0.4, -0.2) is 94.2 Å². The van der Waals surface area contributed by atoms with Crippen LogP contribution in [0.1, 0.15) is 6.92 Å². The maximum atomic E-state index is 8.47. The van der Waals surface area contributed by atoms with Gasteiger partial charge in [0.15, 0.2) is 0 Å². The van der Waals surface area contributed by atoms with Crippen molar-refractivity contribution in [1.29, 1.82) is 0 Å². The average Bonchev–Trinajstić information content (AvgIpc) is 2.64. The van der Waals surface area contributed by atoms with E-state index in [4.69, 9.17) is 46.0 Å². The summed E-state index contributed by atoms with van der Waals surface area (Å²) in [5, 5.41) is 66.9. The van der Waals surface area contributed by atoms with E-state index in [0.717, 1.165) is 28.4 Å². The molecule has 0 aromatic heterocycles. The van der Waals surface area contributed by atoms with Crippen molar-refractivity contribution in [2.24, 2.45) is 5.41 Å². The van der Waals surface area contributed by atoms with E-state index < -0.39 is 5.41 Å². The molecule has 0 spiro atoms. The molecule has 26 heavy (non-hydrogen) atoms. The minimum absolute atomic E-state index is 0. The topological polar surface area (TPSA) is 182 Å². The normalized spacial score (nSPS) is 5.08. The van der Waals surface area contributed by atoms with Crippen LogP contribution >= 0.6 is 0 Å². The van der Waals surface area contributed by atoms with Crippen LogP contribution in [0.2, 0.25) is 0 Å². The SMILES string of the molecule is CC(CO)(CO)CO.CO.CO.CO.CO.[CH2-]O.[CH2-]O.[CH3-].[CH3-].[CH3-].[Ti+3].[Ti].[Ti]. The van der Waals surface area contributed by atoms with Crippen molar-refractivity contribution in [1.82, 2.24) is 0 Å². The summed E-state index contributed by atoms with van der Waals surface area (Å²) in [5.74, 6) is 0. The van der Waals surface area contributed by atoms with Crippen molar-refractivity contribution in [3.8, 4) is 0 Å². The van der Waals surface area contributed by atoms with Crippen LogP contribution < -0.4 is 0 Å². The molecule has 0 bridgehead atoms. The zero-order valence-electron chi connectivity index (χ0n) is 17.6. The van der Waals surface area contributed by atoms with Gasteiger partial charge < -0.3 is 68.2 Å². The number of aliphatic hydroxyl groups excluding tert-OH is 9. The maximum Gasteiger partial charge on any atom is 3.00 e. The predicted octanol–water partition coefficient (Wildman–Crippen LogP) is -0.952. The minimum Gasteiger partial charge on any atom is -0.569 e. The Morgan fingerprint density at radius 3 is 0.615 bits per heavy atom. The first-order valence-electron chi connectivity index (χ1n) is 4.93. The molecule has 9 nitrogen and oxygen atoms in total. The summed E-state index contributed by atoms with van der Waals surface area (Å²) in [7, 11) is 8.50. The van der Waals surface area contributed by atoms with Gasteiger partial charge in [-0.2, -0.15) is 0 Å². The van der Waals surface area contributed by atoms with Gasteiger partial charge in [-0.05, 0) is 0 Å². The summed E-state index contributed by atoms with van der Waals surface area (Å²) in [6.45, 7) is 1.06. The van der Waals surface area contributed by atoms with E-state index in [1.165, 1.54) is 0 Å². The first kappa shape index (κ1) is 91.2. The van der Waals surface area contributed by atoms with E-state index >= 15 is 0 Å². The van der Waals surface area contributed by atoms with Gasteiger partial charge in [-0.3, -0.25) is 0 Å². The van der Waals surface area contributed by atoms with Gasteiger partial charge in [-0.15, -0.1) is 0 Å². The third kappa shape index (κ3) is 136. The molecule has 0 aromatic rings. The second-order valence-electron chi connectivity index (χ2n) is 2.29. The third-order valence-electron chi connectivity index (χ3n) is 1.15. The number of rotatable bonds is 3. The fourth-order valence-corrected chi connectivity index (χ4v) is 0.150. The predicted molar refractivity (Wildman–Crippen MR) is 95.8 cm³/mol. The van der Waals surface area contributed by atoms with E-state index in [1.807, 2.05) is 0 Å². The maximum absolute atomic E-state index is 8.47. The smallest absolute Gasteiger partial charge is 0.569 e. The number of hydrogen-bond donors (Lipinski definition) is 9. The van der Waals surface area contributed by atoms with Gasteiger partial charge in [-0.25, -0.2) is 14.2 Å². The van der Waals surface area contributed by atoms with Crippen LogP contribution in [-0.2, 0) is 65.2 Å². The number of aliphatic hydroxyl groups is 9. The van der Waals surface area contributed by atoms with Crippen molar-refractivity contribution >= 4 is 0 Å². The first-order valence-corrected chi connectivity index (χ1v) is 4.93. The zero-order chi connectivity index (χ0) is 18.6. The molecule has 0 heterocycles. The largest absolute Gasteiger partial charge is 3.00 e. The monoisotopic (exact) mass is 499 g/mol. The molecule has 0 aliphatic carbocycles. The van der Waals surface area contributed by atoms with Crippen LogP contribution in [0.25, 0.3) is 0 Å². The van der Waals surface area contributed by atoms with Crippen LogP contribution in [0.4, 0.5) is 0 Å². The Hall–Kier alpha value is 1.78. The molecular weight excluding hydrogens is 456 g/mol. The zero-order valence-corrected chi connectivity index (χ0v) is 22.2. The van der Waals surface area contributed by atoms with Gasteiger partial charge in [0, 0.05) is 77.3 Å². The molecule has 0 saturated heterocycles. The Labute approximate surface area is 207 Å². The summed E-state index contributed by atoms with van der Waals surface area (Å²) >= 11 is 0. The van der Waals surface area contributed by atoms with Crippen molar-refractivity contribution in [3.05, 3.63) is 36.5 Å². The summed E-state index contributed by atoms with van der Waals surface area (Å²) < 4.78 is 0. The van der Waals surface area contributed by atoms with Crippen LogP contribution in [0.15, 0.2) is 0 Å². The molecule has 1 radical (unpaired) electrons. The van der Waals surface area contributed by atoms with Gasteiger partial charge in [0.2, 0.25) is 0 Å². The first-order chi connectivity index (χ1) is 9.68. The van der Waals surface area contributed by atoms with E-state index in [0.29, 0.717) is 0 Å². The summed E-state index contributed by atoms with van der Waals surface area (Å²) in [4.78, 5) is 0. The third-order valence-corrected chi connectivity index (χ3v) is 1.15. The molecule has 0 aliphatic rings. The Morgan fingerprint density at radius 2 is 0.615 bits per heavy atom. The van der Waals surface area contributed by atoms with Crippen LogP contribution in [0.3, 0.4) is 0 Å². The van der Waals surface area contributed by atoms with E-state index in [2.05, 4.69) is 14.2 Å². The molecule has 167 valence electrons. The quantitative estimate of drug-likeness (QED) is 0.175. The molecule has 0 saturated carbocycles. The number of hydrogen-bond acceptors (Lipinski definition) is 9. The summed E-state index contributed by atoms with van der Waals surface area (Å²) in [6.07, 6.45) is 0. The Morgan fingerprint density at radius 1 is 0.538 bits per heavy atom. The molecule has 0 fully saturated rings. The Bertz CT molecular complexity index is 78.4. The second-order valence-corrected chi connectivity index (χ2v) is 2.29. The van der Waals surface area contributed by atoms with Gasteiger partial charge in [0.1, 0.15) is 0 Å². The minimum atomic E-state index is -0.708. The molecule has 0 aromatic carbocycles. The van der Waals surface area contributed by atoms with Gasteiger partial charge in [-0.1, -0.05) is 6.92 Å². The van der Waals surface area contributed by atoms with Gasteiger partial charge in [0.25, 0.3) is 0 Å². The summed E-state index contributed by atoms with van der Waals surface area (Å²) in [6, 6.07) is 0. The second kappa shape index (κ2) is 153. The standard InChI is InChI=1S/C5H12O3.4CH4O.2CH3O.3CH3.3Ti/c1-5(2-6,3-7)4-8;6*1-2;;;;;;/h6-8H,2-4H2,1H3;4*2H,1H3;2*2H,1H2;3*1H3;;;/q;;;;;5*-1;;;+3. The van der Waals surface area contributed by atoms with Crippen LogP contribution in [0.5, 0.6) is 0 Å². The molecule has 0 aliphatic heterocycles. The van der Waals surface area contributed by atoms with Crippen molar-refractivity contribution in [2.45, 2.75) is 6.92 Å². The van der Waals surface area contributed by atoms with Gasteiger partial charge >= 0.3 is 21.7 Å². The van der Waals surface area contributed by atoms with Crippen molar-refractivity contribution < 1.29 is 111 Å². The molecule has 0 unspecified atom stereocenters. The molecule has 0 amide bonds. The van der Waals surface area contributed by atoms with E-state index in [9.17, 15) is 0 Å². The Kier molecular flexibility index (Phi) is 537. The average molecular weight is 499 g/mol. The van der Waals surface area contributed by atoms with E-state index in [1.54, 1.807) is 6.92 Å². The van der Waals surface area contributed by atoms with Crippen molar-refractivity contribution in [2.75, 3.05) is 48.3 Å². The fraction of sp³-hybridized carbons (Fsp3) is 0.643.